The quantitative estimate of drug-likeness (QED) is 0.802. The van der Waals surface area contributed by atoms with Gasteiger partial charge in [-0.3, -0.25) is 4.79 Å². The predicted molar refractivity (Wildman–Crippen MR) is 89.6 cm³/mol. The van der Waals surface area contributed by atoms with E-state index < -0.39 is 9.84 Å². The van der Waals surface area contributed by atoms with Gasteiger partial charge in [0.25, 0.3) is 5.91 Å². The Kier molecular flexibility index (Phi) is 4.71. The molecule has 0 radical (unpaired) electrons. The molecule has 2 aromatic heterocycles. The van der Waals surface area contributed by atoms with Gasteiger partial charge in [-0.15, -0.1) is 10.2 Å². The number of nitrogens with zero attached hydrogens (tertiary/aromatic N) is 4. The van der Waals surface area contributed by atoms with E-state index in [9.17, 15) is 13.2 Å². The molecule has 0 bridgehead atoms. The molecular weight excluding hydrogens is 346 g/mol. The van der Waals surface area contributed by atoms with Crippen LogP contribution in [0, 0.1) is 0 Å². The topological polar surface area (TPSA) is 116 Å². The largest absolute Gasteiger partial charge is 0.480 e. The minimum Gasteiger partial charge on any atom is -0.480 e. The molecule has 9 nitrogen and oxygen atoms in total. The standard InChI is InChI=1S/C15H19N5O4S/c1-3-12-11(15(21)17-10-6-7-25(22,23)9-10)8-16-20(12)13-4-5-14(24-2)19-18-13/h4-5,8,10H,3,6-7,9H2,1-2H3,(H,17,21)/t10-/m1/s1. The lowest BCUT2D eigenvalue weighted by atomic mass is 10.1. The lowest BCUT2D eigenvalue weighted by molar-refractivity contribution is 0.0940. The van der Waals surface area contributed by atoms with Gasteiger partial charge in [-0.2, -0.15) is 5.10 Å². The van der Waals surface area contributed by atoms with Crippen LogP contribution in [-0.4, -0.2) is 59.0 Å². The fraction of sp³-hybridized carbons (Fsp3) is 0.467. The Balaban J connectivity index is 1.82. The Hall–Kier alpha value is -2.49. The Bertz CT molecular complexity index is 876. The van der Waals surface area contributed by atoms with Gasteiger partial charge in [0.2, 0.25) is 5.88 Å². The summed E-state index contributed by atoms with van der Waals surface area (Å²) in [5.41, 5.74) is 1.09. The molecule has 3 heterocycles. The summed E-state index contributed by atoms with van der Waals surface area (Å²) in [5, 5.41) is 15.0. The fourth-order valence-electron chi connectivity index (χ4n) is 2.81. The third kappa shape index (κ3) is 3.63. The summed E-state index contributed by atoms with van der Waals surface area (Å²) in [6.45, 7) is 1.90. The highest BCUT2D eigenvalue weighted by Crippen LogP contribution is 2.17. The van der Waals surface area contributed by atoms with E-state index in [0.29, 0.717) is 35.8 Å². The summed E-state index contributed by atoms with van der Waals surface area (Å²) >= 11 is 0. The second kappa shape index (κ2) is 6.79. The van der Waals surface area contributed by atoms with Gasteiger partial charge in [-0.1, -0.05) is 6.92 Å². The first-order chi connectivity index (χ1) is 11.9. The van der Waals surface area contributed by atoms with Gasteiger partial charge in [-0.05, 0) is 18.9 Å². The van der Waals surface area contributed by atoms with Crippen molar-refractivity contribution in [1.29, 1.82) is 0 Å². The highest BCUT2D eigenvalue weighted by molar-refractivity contribution is 7.91. The van der Waals surface area contributed by atoms with E-state index >= 15 is 0 Å². The molecule has 0 unspecified atom stereocenters. The van der Waals surface area contributed by atoms with Crippen molar-refractivity contribution in [3.63, 3.8) is 0 Å². The van der Waals surface area contributed by atoms with Crippen molar-refractivity contribution in [2.75, 3.05) is 18.6 Å². The highest BCUT2D eigenvalue weighted by atomic mass is 32.2. The molecule has 1 atom stereocenters. The summed E-state index contributed by atoms with van der Waals surface area (Å²) in [5.74, 6) is 0.624. The average molecular weight is 365 g/mol. The van der Waals surface area contributed by atoms with Gasteiger partial charge in [0, 0.05) is 12.1 Å². The van der Waals surface area contributed by atoms with Gasteiger partial charge >= 0.3 is 0 Å². The number of carbonyl (C=O) groups is 1. The lowest BCUT2D eigenvalue weighted by Gasteiger charge is -2.11. The first kappa shape index (κ1) is 17.3. The monoisotopic (exact) mass is 365 g/mol. The molecule has 134 valence electrons. The summed E-state index contributed by atoms with van der Waals surface area (Å²) in [7, 11) is -1.55. The SMILES string of the molecule is CCc1c(C(=O)N[C@@H]2CCS(=O)(=O)C2)cnn1-c1ccc(OC)nn1. The molecule has 1 aliphatic rings. The first-order valence-electron chi connectivity index (χ1n) is 7.89. The number of hydrogen-bond acceptors (Lipinski definition) is 7. The van der Waals surface area contributed by atoms with Crippen molar-refractivity contribution in [2.24, 2.45) is 0 Å². The van der Waals surface area contributed by atoms with Gasteiger partial charge in [0.05, 0.1) is 36.1 Å². The number of methoxy groups -OCH3 is 1. The number of nitrogens with one attached hydrogen (secondary N) is 1. The smallest absolute Gasteiger partial charge is 0.255 e. The zero-order chi connectivity index (χ0) is 18.0. The van der Waals surface area contributed by atoms with E-state index in [1.54, 1.807) is 16.8 Å². The summed E-state index contributed by atoms with van der Waals surface area (Å²) in [6.07, 6.45) is 2.45. The van der Waals surface area contributed by atoms with Crippen molar-refractivity contribution in [3.8, 4) is 11.7 Å². The molecule has 1 saturated heterocycles. The third-order valence-corrected chi connectivity index (χ3v) is 5.84. The zero-order valence-electron chi connectivity index (χ0n) is 14.0. The van der Waals surface area contributed by atoms with Crippen LogP contribution in [-0.2, 0) is 16.3 Å². The number of sulfone groups is 1. The predicted octanol–water partition coefficient (Wildman–Crippen LogP) is 0.150. The molecule has 0 saturated carbocycles. The number of amides is 1. The summed E-state index contributed by atoms with van der Waals surface area (Å²) in [6, 6.07) is 3.00. The molecule has 0 aliphatic carbocycles. The second-order valence-electron chi connectivity index (χ2n) is 5.78. The van der Waals surface area contributed by atoms with Crippen LogP contribution >= 0.6 is 0 Å². The Morgan fingerprint density at radius 1 is 1.40 bits per heavy atom. The molecular formula is C15H19N5O4S. The van der Waals surface area contributed by atoms with Crippen LogP contribution in [0.5, 0.6) is 5.88 Å². The highest BCUT2D eigenvalue weighted by Gasteiger charge is 2.30. The van der Waals surface area contributed by atoms with Crippen molar-refractivity contribution < 1.29 is 17.9 Å². The van der Waals surface area contributed by atoms with E-state index in [0.717, 1.165) is 0 Å². The number of hydrogen-bond donors (Lipinski definition) is 1. The van der Waals surface area contributed by atoms with Gasteiger partial charge in [-0.25, -0.2) is 13.1 Å². The Labute approximate surface area is 145 Å². The van der Waals surface area contributed by atoms with Crippen LogP contribution in [0.2, 0.25) is 0 Å². The van der Waals surface area contributed by atoms with Crippen molar-refractivity contribution in [2.45, 2.75) is 25.8 Å². The maximum Gasteiger partial charge on any atom is 0.255 e. The molecule has 10 heteroatoms. The first-order valence-corrected chi connectivity index (χ1v) is 9.72. The summed E-state index contributed by atoms with van der Waals surface area (Å²) < 4.78 is 29.6. The van der Waals surface area contributed by atoms with Gasteiger partial charge in [0.1, 0.15) is 0 Å². The van der Waals surface area contributed by atoms with E-state index in [-0.39, 0.29) is 23.5 Å². The fourth-order valence-corrected chi connectivity index (χ4v) is 4.48. The van der Waals surface area contributed by atoms with Gasteiger partial charge < -0.3 is 10.1 Å². The normalized spacial score (nSPS) is 18.9. The number of carbonyl (C=O) groups excluding carboxylic acids is 1. The zero-order valence-corrected chi connectivity index (χ0v) is 14.8. The van der Waals surface area contributed by atoms with Crippen molar-refractivity contribution >= 4 is 15.7 Å². The van der Waals surface area contributed by atoms with Crippen LogP contribution < -0.4 is 10.1 Å². The summed E-state index contributed by atoms with van der Waals surface area (Å²) in [4.78, 5) is 12.5. The van der Waals surface area contributed by atoms with Crippen LogP contribution in [0.25, 0.3) is 5.82 Å². The van der Waals surface area contributed by atoms with E-state index in [4.69, 9.17) is 4.74 Å². The molecule has 0 aromatic carbocycles. The minimum atomic E-state index is -3.05. The van der Waals surface area contributed by atoms with Crippen LogP contribution in [0.15, 0.2) is 18.3 Å². The molecule has 1 aliphatic heterocycles. The van der Waals surface area contributed by atoms with Crippen LogP contribution in [0.3, 0.4) is 0 Å². The molecule has 0 spiro atoms. The van der Waals surface area contributed by atoms with E-state index in [2.05, 4.69) is 20.6 Å². The number of rotatable bonds is 5. The van der Waals surface area contributed by atoms with Crippen molar-refractivity contribution in [1.82, 2.24) is 25.3 Å². The molecule has 1 amide bonds. The molecule has 3 rings (SSSR count). The third-order valence-electron chi connectivity index (χ3n) is 4.07. The van der Waals surface area contributed by atoms with Crippen LogP contribution in [0.4, 0.5) is 0 Å². The maximum absolute atomic E-state index is 12.5. The molecule has 1 fully saturated rings. The Morgan fingerprint density at radius 2 is 2.20 bits per heavy atom. The molecule has 25 heavy (non-hydrogen) atoms. The molecule has 2 aromatic rings. The minimum absolute atomic E-state index is 0.0156. The molecule has 1 N–H and O–H groups in total. The second-order valence-corrected chi connectivity index (χ2v) is 8.01. The van der Waals surface area contributed by atoms with Crippen LogP contribution in [0.1, 0.15) is 29.4 Å². The van der Waals surface area contributed by atoms with E-state index in [1.807, 2.05) is 6.92 Å². The Morgan fingerprint density at radius 3 is 2.76 bits per heavy atom. The average Bonchev–Trinajstić information content (AvgIpc) is 3.17. The van der Waals surface area contributed by atoms with Crippen molar-refractivity contribution in [3.05, 3.63) is 29.6 Å². The maximum atomic E-state index is 12.5. The van der Waals surface area contributed by atoms with Gasteiger partial charge in [0.15, 0.2) is 15.7 Å². The van der Waals surface area contributed by atoms with E-state index in [1.165, 1.54) is 13.3 Å². The number of ether oxygens (including phenoxy) is 1. The lowest BCUT2D eigenvalue weighted by Crippen LogP contribution is -2.35. The number of aromatic nitrogens is 4.